The maximum Gasteiger partial charge on any atom is 0.240 e. The Bertz CT molecular complexity index is 951. The van der Waals surface area contributed by atoms with E-state index in [1.165, 1.54) is 11.8 Å². The zero-order chi connectivity index (χ0) is 20.8. The number of carbonyl (C=O) groups excluding carboxylic acids is 1. The molecule has 3 aromatic rings. The van der Waals surface area contributed by atoms with Gasteiger partial charge in [0.05, 0.1) is 0 Å². The van der Waals surface area contributed by atoms with Crippen molar-refractivity contribution in [3.63, 3.8) is 0 Å². The zero-order valence-corrected chi connectivity index (χ0v) is 18.3. The molecule has 0 saturated heterocycles. The summed E-state index contributed by atoms with van der Waals surface area (Å²) >= 11 is 1.48. The van der Waals surface area contributed by atoms with Crippen LogP contribution in [0.5, 0.6) is 0 Å². The number of carbonyl (C=O) groups is 1. The Morgan fingerprint density at radius 2 is 1.66 bits per heavy atom. The first-order valence-electron chi connectivity index (χ1n) is 10.1. The van der Waals surface area contributed by atoms with Gasteiger partial charge in [0, 0.05) is 25.2 Å². The van der Waals surface area contributed by atoms with Crippen LogP contribution in [0.15, 0.2) is 59.8 Å². The number of hydrogen-bond acceptors (Lipinski definition) is 4. The van der Waals surface area contributed by atoms with Crippen LogP contribution < -0.4 is 0 Å². The Labute approximate surface area is 177 Å². The van der Waals surface area contributed by atoms with Gasteiger partial charge in [-0.2, -0.15) is 0 Å². The van der Waals surface area contributed by atoms with E-state index in [-0.39, 0.29) is 11.2 Å². The van der Waals surface area contributed by atoms with Crippen molar-refractivity contribution >= 4 is 17.7 Å². The minimum absolute atomic E-state index is 0.106. The molecule has 0 saturated carbocycles. The van der Waals surface area contributed by atoms with E-state index in [0.29, 0.717) is 13.1 Å². The molecule has 152 valence electrons. The van der Waals surface area contributed by atoms with Gasteiger partial charge in [-0.05, 0) is 38.8 Å². The van der Waals surface area contributed by atoms with Crippen LogP contribution in [-0.2, 0) is 11.3 Å². The van der Waals surface area contributed by atoms with Gasteiger partial charge in [-0.15, -0.1) is 10.2 Å². The molecular formula is C23H28N4OS. The van der Waals surface area contributed by atoms with Crippen molar-refractivity contribution in [2.75, 3.05) is 13.1 Å². The molecule has 0 N–H and O–H groups in total. The van der Waals surface area contributed by atoms with Crippen LogP contribution in [0.25, 0.3) is 11.4 Å². The molecule has 1 aromatic heterocycles. The fourth-order valence-electron chi connectivity index (χ4n) is 3.38. The second-order valence-corrected chi connectivity index (χ2v) is 7.86. The van der Waals surface area contributed by atoms with Crippen molar-refractivity contribution in [2.45, 2.75) is 44.6 Å². The molecule has 0 fully saturated rings. The lowest BCUT2D eigenvalue weighted by Gasteiger charge is -2.25. The molecule has 1 atom stereocenters. The number of aromatic nitrogens is 3. The van der Waals surface area contributed by atoms with Gasteiger partial charge in [-0.25, -0.2) is 0 Å². The summed E-state index contributed by atoms with van der Waals surface area (Å²) in [4.78, 5) is 15.2. The lowest BCUT2D eigenvalue weighted by Crippen LogP contribution is -2.34. The van der Waals surface area contributed by atoms with Gasteiger partial charge in [-0.3, -0.25) is 4.79 Å². The first-order valence-corrected chi connectivity index (χ1v) is 11.0. The van der Waals surface area contributed by atoms with Gasteiger partial charge in [0.2, 0.25) is 5.91 Å². The number of benzene rings is 2. The molecule has 0 radical (unpaired) electrons. The van der Waals surface area contributed by atoms with Crippen molar-refractivity contribution in [1.82, 2.24) is 19.7 Å². The predicted octanol–water partition coefficient (Wildman–Crippen LogP) is 4.98. The summed E-state index contributed by atoms with van der Waals surface area (Å²) in [7, 11) is 0. The molecule has 0 aliphatic rings. The third kappa shape index (κ3) is 4.53. The molecule has 2 aromatic carbocycles. The van der Waals surface area contributed by atoms with E-state index in [9.17, 15) is 4.79 Å². The minimum atomic E-state index is -0.352. The Morgan fingerprint density at radius 3 is 2.28 bits per heavy atom. The number of nitrogens with zero attached hydrogens (tertiary/aromatic N) is 4. The molecule has 0 unspecified atom stereocenters. The van der Waals surface area contributed by atoms with Gasteiger partial charge in [0.25, 0.3) is 0 Å². The highest BCUT2D eigenvalue weighted by molar-refractivity contribution is 8.00. The second kappa shape index (κ2) is 9.74. The number of hydrogen-bond donors (Lipinski definition) is 0. The normalized spacial score (nSPS) is 12.0. The van der Waals surface area contributed by atoms with Crippen LogP contribution >= 0.6 is 11.8 Å². The summed E-state index contributed by atoms with van der Waals surface area (Å²) in [6.45, 7) is 10.3. The van der Waals surface area contributed by atoms with E-state index < -0.39 is 0 Å². The average Bonchev–Trinajstić information content (AvgIpc) is 3.16. The lowest BCUT2D eigenvalue weighted by atomic mass is 10.1. The van der Waals surface area contributed by atoms with Gasteiger partial charge in [0.1, 0.15) is 5.25 Å². The van der Waals surface area contributed by atoms with Crippen LogP contribution in [0.2, 0.25) is 0 Å². The van der Waals surface area contributed by atoms with Crippen LogP contribution in [0, 0.1) is 6.92 Å². The number of likely N-dealkylation sites (N-methyl/N-ethyl adjacent to an activating group) is 1. The topological polar surface area (TPSA) is 51.0 Å². The quantitative estimate of drug-likeness (QED) is 0.494. The first kappa shape index (κ1) is 21.1. The molecule has 1 heterocycles. The molecule has 29 heavy (non-hydrogen) atoms. The van der Waals surface area contributed by atoms with Crippen LogP contribution in [-0.4, -0.2) is 38.7 Å². The van der Waals surface area contributed by atoms with Crippen molar-refractivity contribution in [1.29, 1.82) is 0 Å². The maximum atomic E-state index is 13.3. The number of rotatable bonds is 8. The second-order valence-electron chi connectivity index (χ2n) is 6.78. The van der Waals surface area contributed by atoms with E-state index in [0.717, 1.165) is 34.2 Å². The lowest BCUT2D eigenvalue weighted by molar-refractivity contribution is -0.130. The highest BCUT2D eigenvalue weighted by atomic mass is 32.2. The minimum Gasteiger partial charge on any atom is -0.342 e. The molecule has 1 amide bonds. The third-order valence-corrected chi connectivity index (χ3v) is 6.27. The van der Waals surface area contributed by atoms with Gasteiger partial charge < -0.3 is 9.47 Å². The monoisotopic (exact) mass is 408 g/mol. The molecule has 0 aliphatic heterocycles. The van der Waals surface area contributed by atoms with E-state index in [2.05, 4.69) is 40.7 Å². The highest BCUT2D eigenvalue weighted by Gasteiger charge is 2.28. The number of aryl methyl sites for hydroxylation is 1. The third-order valence-electron chi connectivity index (χ3n) is 5.04. The number of thioether (sulfide) groups is 1. The smallest absolute Gasteiger partial charge is 0.240 e. The first-order chi connectivity index (χ1) is 14.1. The summed E-state index contributed by atoms with van der Waals surface area (Å²) in [5.74, 6) is 0.949. The van der Waals surface area contributed by atoms with E-state index >= 15 is 0 Å². The fraction of sp³-hybridized carbons (Fsp3) is 0.348. The standard InChI is InChI=1S/C23H28N4OS/c1-5-26(6-2)22(28)20(18-14-9-8-10-15-18)29-23-25-24-21(27(23)7-3)19-16-12-11-13-17(19)4/h8-16,20H,5-7H2,1-4H3/t20-/m0/s1. The Morgan fingerprint density at radius 1 is 1.00 bits per heavy atom. The van der Waals surface area contributed by atoms with Gasteiger partial charge in [0.15, 0.2) is 11.0 Å². The zero-order valence-electron chi connectivity index (χ0n) is 17.5. The summed E-state index contributed by atoms with van der Waals surface area (Å²) in [5, 5.41) is 9.36. The molecule has 0 spiro atoms. The number of amides is 1. The van der Waals surface area contributed by atoms with E-state index in [1.54, 1.807) is 0 Å². The molecule has 0 aliphatic carbocycles. The predicted molar refractivity (Wildman–Crippen MR) is 119 cm³/mol. The van der Waals surface area contributed by atoms with Crippen LogP contribution in [0.1, 0.15) is 37.1 Å². The van der Waals surface area contributed by atoms with Gasteiger partial charge in [-0.1, -0.05) is 66.4 Å². The maximum absolute atomic E-state index is 13.3. The summed E-state index contributed by atoms with van der Waals surface area (Å²) < 4.78 is 2.10. The molecule has 0 bridgehead atoms. The van der Waals surface area contributed by atoms with Crippen molar-refractivity contribution in [2.24, 2.45) is 0 Å². The average molecular weight is 409 g/mol. The molecule has 6 heteroatoms. The molecular weight excluding hydrogens is 380 g/mol. The summed E-state index contributed by atoms with van der Waals surface area (Å²) in [6.07, 6.45) is 0. The molecule has 3 rings (SSSR count). The molecule has 5 nitrogen and oxygen atoms in total. The van der Waals surface area contributed by atoms with Crippen molar-refractivity contribution in [3.8, 4) is 11.4 Å². The Hall–Kier alpha value is -2.60. The summed E-state index contributed by atoms with van der Waals surface area (Å²) in [6, 6.07) is 18.1. The Balaban J connectivity index is 2.00. The van der Waals surface area contributed by atoms with Gasteiger partial charge >= 0.3 is 0 Å². The fourth-order valence-corrected chi connectivity index (χ4v) is 4.56. The largest absolute Gasteiger partial charge is 0.342 e. The van der Waals surface area contributed by atoms with E-state index in [4.69, 9.17) is 0 Å². The SMILES string of the molecule is CCN(CC)C(=O)[C@@H](Sc1nnc(-c2ccccc2C)n1CC)c1ccccc1. The van der Waals surface area contributed by atoms with E-state index in [1.807, 2.05) is 61.2 Å². The van der Waals surface area contributed by atoms with Crippen LogP contribution in [0.3, 0.4) is 0 Å². The van der Waals surface area contributed by atoms with Crippen molar-refractivity contribution < 1.29 is 4.79 Å². The Kier molecular flexibility index (Phi) is 7.09. The van der Waals surface area contributed by atoms with Crippen molar-refractivity contribution in [3.05, 3.63) is 65.7 Å². The summed E-state index contributed by atoms with van der Waals surface area (Å²) in [5.41, 5.74) is 3.21. The van der Waals surface area contributed by atoms with Crippen LogP contribution in [0.4, 0.5) is 0 Å². The highest BCUT2D eigenvalue weighted by Crippen LogP contribution is 2.37.